The third kappa shape index (κ3) is 3.17. The van der Waals surface area contributed by atoms with Crippen molar-refractivity contribution in [2.45, 2.75) is 52.0 Å². The van der Waals surface area contributed by atoms with Crippen molar-refractivity contribution in [2.75, 3.05) is 0 Å². The summed E-state index contributed by atoms with van der Waals surface area (Å²) in [6, 6.07) is 5.59. The van der Waals surface area contributed by atoms with Crippen molar-refractivity contribution in [1.29, 1.82) is 0 Å². The SMILES string of the molecule is CC1(C)OB(c2cnn(Cc3cccc(CO)n3)c2)OC1(C)C. The van der Waals surface area contributed by atoms with E-state index in [1.54, 1.807) is 16.9 Å². The van der Waals surface area contributed by atoms with Gasteiger partial charge in [0.15, 0.2) is 0 Å². The Kier molecular flexibility index (Phi) is 4.04. The van der Waals surface area contributed by atoms with Crippen LogP contribution in [0.5, 0.6) is 0 Å². The maximum absolute atomic E-state index is 9.16. The highest BCUT2D eigenvalue weighted by atomic mass is 16.7. The van der Waals surface area contributed by atoms with Crippen molar-refractivity contribution in [1.82, 2.24) is 14.8 Å². The van der Waals surface area contributed by atoms with Gasteiger partial charge in [0.25, 0.3) is 0 Å². The van der Waals surface area contributed by atoms with Crippen LogP contribution in [0.4, 0.5) is 0 Å². The first kappa shape index (κ1) is 16.2. The third-order valence-electron chi connectivity index (χ3n) is 4.53. The first-order valence-corrected chi connectivity index (χ1v) is 7.74. The molecule has 6 nitrogen and oxygen atoms in total. The normalized spacial score (nSPS) is 19.3. The number of aliphatic hydroxyl groups excluding tert-OH is 1. The first-order chi connectivity index (χ1) is 10.8. The zero-order valence-corrected chi connectivity index (χ0v) is 14.0. The molecular weight excluding hydrogens is 293 g/mol. The summed E-state index contributed by atoms with van der Waals surface area (Å²) in [6.07, 6.45) is 3.67. The Morgan fingerprint density at radius 1 is 1.13 bits per heavy atom. The molecule has 0 atom stereocenters. The van der Waals surface area contributed by atoms with Crippen LogP contribution in [-0.2, 0) is 22.5 Å². The molecule has 2 aromatic rings. The number of nitrogens with zero attached hydrogens (tertiary/aromatic N) is 3. The molecule has 1 aliphatic rings. The Morgan fingerprint density at radius 2 is 1.78 bits per heavy atom. The molecular formula is C16H22BN3O3. The Bertz CT molecular complexity index is 683. The molecule has 1 saturated heterocycles. The lowest BCUT2D eigenvalue weighted by molar-refractivity contribution is 0.00578. The molecule has 0 bridgehead atoms. The van der Waals surface area contributed by atoms with Crippen LogP contribution in [0.25, 0.3) is 0 Å². The van der Waals surface area contributed by atoms with Crippen molar-refractivity contribution in [3.8, 4) is 0 Å². The number of hydrogen-bond donors (Lipinski definition) is 1. The quantitative estimate of drug-likeness (QED) is 0.856. The van der Waals surface area contributed by atoms with Gasteiger partial charge >= 0.3 is 7.12 Å². The van der Waals surface area contributed by atoms with Gasteiger partial charge in [-0.3, -0.25) is 9.67 Å². The molecule has 2 aromatic heterocycles. The highest BCUT2D eigenvalue weighted by Crippen LogP contribution is 2.36. The largest absolute Gasteiger partial charge is 0.498 e. The maximum atomic E-state index is 9.16. The van der Waals surface area contributed by atoms with E-state index in [9.17, 15) is 0 Å². The van der Waals surface area contributed by atoms with Gasteiger partial charge in [-0.25, -0.2) is 0 Å². The summed E-state index contributed by atoms with van der Waals surface area (Å²) in [6.45, 7) is 8.59. The number of aromatic nitrogens is 3. The van der Waals surface area contributed by atoms with Gasteiger partial charge in [-0.2, -0.15) is 5.10 Å². The average molecular weight is 315 g/mol. The van der Waals surface area contributed by atoms with Crippen LogP contribution in [0.2, 0.25) is 0 Å². The smallest absolute Gasteiger partial charge is 0.399 e. The molecule has 0 unspecified atom stereocenters. The lowest BCUT2D eigenvalue weighted by Gasteiger charge is -2.32. The molecule has 23 heavy (non-hydrogen) atoms. The predicted molar refractivity (Wildman–Crippen MR) is 87.2 cm³/mol. The second kappa shape index (κ2) is 5.74. The molecule has 3 heterocycles. The molecule has 122 valence electrons. The van der Waals surface area contributed by atoms with Crippen molar-refractivity contribution in [3.05, 3.63) is 42.0 Å². The minimum absolute atomic E-state index is 0.0634. The predicted octanol–water partition coefficient (Wildman–Crippen LogP) is 1.12. The minimum Gasteiger partial charge on any atom is -0.399 e. The molecule has 0 spiro atoms. The fourth-order valence-electron chi connectivity index (χ4n) is 2.44. The van der Waals surface area contributed by atoms with E-state index in [-0.39, 0.29) is 17.8 Å². The standard InChI is InChI=1S/C16H22BN3O3/c1-15(2)16(3,4)23-17(22-15)12-8-18-20(9-12)10-13-6-5-7-14(11-21)19-13/h5-9,21H,10-11H2,1-4H3. The molecule has 0 aliphatic carbocycles. The van der Waals surface area contributed by atoms with E-state index in [1.165, 1.54) is 0 Å². The summed E-state index contributed by atoms with van der Waals surface area (Å²) in [7, 11) is -0.412. The van der Waals surface area contributed by atoms with E-state index in [0.29, 0.717) is 12.2 Å². The topological polar surface area (TPSA) is 69.4 Å². The summed E-state index contributed by atoms with van der Waals surface area (Å²) < 4.78 is 13.8. The molecule has 3 rings (SSSR count). The molecule has 0 amide bonds. The second-order valence-corrected chi connectivity index (χ2v) is 6.84. The van der Waals surface area contributed by atoms with Crippen LogP contribution < -0.4 is 5.46 Å². The van der Waals surface area contributed by atoms with Gasteiger partial charge in [0.1, 0.15) is 0 Å². The fraction of sp³-hybridized carbons (Fsp3) is 0.500. The van der Waals surface area contributed by atoms with Crippen molar-refractivity contribution in [2.24, 2.45) is 0 Å². The highest BCUT2D eigenvalue weighted by molar-refractivity contribution is 6.61. The minimum atomic E-state index is -0.412. The van der Waals surface area contributed by atoms with Gasteiger partial charge in [-0.15, -0.1) is 0 Å². The number of rotatable bonds is 4. The van der Waals surface area contributed by atoms with Gasteiger partial charge in [0.2, 0.25) is 0 Å². The van der Waals surface area contributed by atoms with E-state index in [2.05, 4.69) is 10.1 Å². The highest BCUT2D eigenvalue weighted by Gasteiger charge is 2.52. The number of hydrogen-bond acceptors (Lipinski definition) is 5. The maximum Gasteiger partial charge on any atom is 0.498 e. The van der Waals surface area contributed by atoms with E-state index >= 15 is 0 Å². The van der Waals surface area contributed by atoms with E-state index in [1.807, 2.05) is 46.0 Å². The Labute approximate surface area is 136 Å². The summed E-state index contributed by atoms with van der Waals surface area (Å²) >= 11 is 0. The lowest BCUT2D eigenvalue weighted by Crippen LogP contribution is -2.41. The van der Waals surface area contributed by atoms with Gasteiger partial charge < -0.3 is 14.4 Å². The van der Waals surface area contributed by atoms with Crippen LogP contribution in [0.15, 0.2) is 30.6 Å². The molecule has 1 fully saturated rings. The Balaban J connectivity index is 1.74. The van der Waals surface area contributed by atoms with Crippen molar-refractivity contribution < 1.29 is 14.4 Å². The summed E-state index contributed by atoms with van der Waals surface area (Å²) in [4.78, 5) is 4.37. The molecule has 0 saturated carbocycles. The molecule has 7 heteroatoms. The summed E-state index contributed by atoms with van der Waals surface area (Å²) in [5.74, 6) is 0. The summed E-state index contributed by atoms with van der Waals surface area (Å²) in [5, 5.41) is 13.5. The lowest BCUT2D eigenvalue weighted by atomic mass is 9.82. The van der Waals surface area contributed by atoms with Crippen molar-refractivity contribution in [3.63, 3.8) is 0 Å². The van der Waals surface area contributed by atoms with E-state index in [0.717, 1.165) is 11.2 Å². The third-order valence-corrected chi connectivity index (χ3v) is 4.53. The van der Waals surface area contributed by atoms with Crippen molar-refractivity contribution >= 4 is 12.6 Å². The zero-order chi connectivity index (χ0) is 16.7. The van der Waals surface area contributed by atoms with Gasteiger partial charge in [0.05, 0.1) is 35.7 Å². The van der Waals surface area contributed by atoms with Crippen LogP contribution >= 0.6 is 0 Å². The molecule has 0 radical (unpaired) electrons. The summed E-state index contributed by atoms with van der Waals surface area (Å²) in [5.41, 5.74) is 1.66. The first-order valence-electron chi connectivity index (χ1n) is 7.74. The van der Waals surface area contributed by atoms with Gasteiger partial charge in [-0.05, 0) is 39.8 Å². The van der Waals surface area contributed by atoms with Crippen LogP contribution in [-0.4, -0.2) is 38.2 Å². The van der Waals surface area contributed by atoms with Gasteiger partial charge in [-0.1, -0.05) is 6.07 Å². The molecule has 1 N–H and O–H groups in total. The monoisotopic (exact) mass is 315 g/mol. The average Bonchev–Trinajstić information content (AvgIpc) is 3.02. The molecule has 0 aromatic carbocycles. The second-order valence-electron chi connectivity index (χ2n) is 6.84. The molecule has 1 aliphatic heterocycles. The van der Waals surface area contributed by atoms with Crippen LogP contribution in [0.1, 0.15) is 39.1 Å². The fourth-order valence-corrected chi connectivity index (χ4v) is 2.44. The van der Waals surface area contributed by atoms with Crippen LogP contribution in [0, 0.1) is 0 Å². The Hall–Kier alpha value is -1.70. The van der Waals surface area contributed by atoms with Gasteiger partial charge in [0, 0.05) is 17.9 Å². The Morgan fingerprint density at radius 3 is 2.43 bits per heavy atom. The van der Waals surface area contributed by atoms with Crippen LogP contribution in [0.3, 0.4) is 0 Å². The van der Waals surface area contributed by atoms with E-state index in [4.69, 9.17) is 14.4 Å². The number of aliphatic hydroxyl groups is 1. The number of pyridine rings is 1. The zero-order valence-electron chi connectivity index (χ0n) is 14.0. The van der Waals surface area contributed by atoms with E-state index < -0.39 is 7.12 Å².